The first kappa shape index (κ1) is 50.6. The Morgan fingerprint density at radius 3 is 2.04 bits per heavy atom. The molecule has 368 valence electrons. The lowest BCUT2D eigenvalue weighted by Gasteiger charge is -2.50. The summed E-state index contributed by atoms with van der Waals surface area (Å²) in [5, 5.41) is 12.6. The van der Waals surface area contributed by atoms with Crippen molar-refractivity contribution in [2.75, 3.05) is 52.4 Å². The van der Waals surface area contributed by atoms with Gasteiger partial charge in [-0.2, -0.15) is 5.26 Å². The Bertz CT molecular complexity index is 2590. The summed E-state index contributed by atoms with van der Waals surface area (Å²) in [6.45, 7) is 9.89. The van der Waals surface area contributed by atoms with Gasteiger partial charge in [0.05, 0.1) is 52.9 Å². The highest BCUT2D eigenvalue weighted by Gasteiger charge is 2.49. The van der Waals surface area contributed by atoms with Crippen LogP contribution < -0.4 is 14.8 Å². The molecule has 15 nitrogen and oxygen atoms in total. The summed E-state index contributed by atoms with van der Waals surface area (Å²) in [6, 6.07) is 37.9. The highest BCUT2D eigenvalue weighted by Crippen LogP contribution is 2.49. The molecule has 1 amide bonds. The highest BCUT2D eigenvalue weighted by molar-refractivity contribution is 7.44. The molecule has 1 aliphatic carbocycles. The second kappa shape index (κ2) is 23.4. The fourth-order valence-corrected chi connectivity index (χ4v) is 11.5. The number of benzene rings is 4. The Morgan fingerprint density at radius 1 is 0.829 bits per heavy atom. The zero-order valence-corrected chi connectivity index (χ0v) is 42.0. The lowest BCUT2D eigenvalue weighted by Crippen LogP contribution is -2.61. The molecule has 2 aromatic heterocycles. The molecule has 0 radical (unpaired) electrons. The molecule has 2 aliphatic rings. The summed E-state index contributed by atoms with van der Waals surface area (Å²) in [6.07, 6.45) is 8.27. The number of hydrogen-bond acceptors (Lipinski definition) is 13. The van der Waals surface area contributed by atoms with E-state index in [1.165, 1.54) is 12.7 Å². The van der Waals surface area contributed by atoms with Crippen LogP contribution in [0.3, 0.4) is 0 Å². The summed E-state index contributed by atoms with van der Waals surface area (Å²) in [7, 11) is 1.64. The number of methoxy groups -OCH3 is 2. The zero-order valence-electron chi connectivity index (χ0n) is 41.1. The van der Waals surface area contributed by atoms with E-state index in [-0.39, 0.29) is 50.3 Å². The van der Waals surface area contributed by atoms with Gasteiger partial charge in [-0.15, -0.1) is 0 Å². The van der Waals surface area contributed by atoms with E-state index >= 15 is 0 Å². The number of hydrogen-bond donors (Lipinski definition) is 1. The number of morpholine rings is 1. The number of amides is 1. The maximum Gasteiger partial charge on any atom is 0.259 e. The molecule has 1 saturated heterocycles. The zero-order chi connectivity index (χ0) is 49.1. The lowest BCUT2D eigenvalue weighted by atomic mass is 9.79. The third-order valence-corrected chi connectivity index (χ3v) is 15.2. The lowest BCUT2D eigenvalue weighted by molar-refractivity contribution is -0.232. The molecule has 2 fully saturated rings. The van der Waals surface area contributed by atoms with E-state index in [9.17, 15) is 10.1 Å². The van der Waals surface area contributed by atoms with Gasteiger partial charge >= 0.3 is 0 Å². The van der Waals surface area contributed by atoms with Crippen molar-refractivity contribution in [1.29, 1.82) is 5.26 Å². The van der Waals surface area contributed by atoms with Crippen molar-refractivity contribution in [3.05, 3.63) is 144 Å². The fourth-order valence-electron chi connectivity index (χ4n) is 9.79. The first-order chi connectivity index (χ1) is 34.1. The summed E-state index contributed by atoms with van der Waals surface area (Å²) in [5.41, 5.74) is 1.80. The summed E-state index contributed by atoms with van der Waals surface area (Å²) >= 11 is 0. The van der Waals surface area contributed by atoms with Gasteiger partial charge in [0.25, 0.3) is 14.4 Å². The molecular weight excluding hydrogens is 904 g/mol. The molecule has 3 heterocycles. The molecule has 1 unspecified atom stereocenters. The molecule has 3 atom stereocenters. The third-order valence-electron chi connectivity index (χ3n) is 13.1. The van der Waals surface area contributed by atoms with Crippen LogP contribution >= 0.6 is 8.53 Å². The number of aromatic nitrogens is 4. The van der Waals surface area contributed by atoms with Gasteiger partial charge in [0.2, 0.25) is 0 Å². The Morgan fingerprint density at radius 2 is 1.44 bits per heavy atom. The van der Waals surface area contributed by atoms with Crippen molar-refractivity contribution < 1.29 is 32.8 Å². The van der Waals surface area contributed by atoms with Crippen LogP contribution in [0, 0.1) is 11.3 Å². The van der Waals surface area contributed by atoms with Crippen LogP contribution in [0.1, 0.15) is 99.5 Å². The average molecular weight is 969 g/mol. The molecule has 1 saturated carbocycles. The highest BCUT2D eigenvalue weighted by atomic mass is 31.2. The number of imidazole rings is 1. The SMILES string of the molecule is COc1ccc(C(OC[C@]2(COP(OCCC#N)N(C(C)C)C(C)C)CN(C3CCCCC3)C[C@H](n3cnc4c(NC(=O)c5ccccc5)ncnc43)O2)(c2ccccc2)c2ccc(OC)cc2)cc1. The maximum atomic E-state index is 13.4. The van der Waals surface area contributed by atoms with E-state index in [4.69, 9.17) is 38.0 Å². The van der Waals surface area contributed by atoms with Crippen molar-refractivity contribution in [2.45, 2.75) is 102 Å². The Balaban J connectivity index is 1.27. The first-order valence-electron chi connectivity index (χ1n) is 24.2. The minimum Gasteiger partial charge on any atom is -0.497 e. The number of carbonyl (C=O) groups is 1. The molecule has 6 aromatic rings. The van der Waals surface area contributed by atoms with Crippen LogP contribution in [0.25, 0.3) is 11.2 Å². The maximum absolute atomic E-state index is 13.4. The minimum atomic E-state index is -1.68. The number of fused-ring (bicyclic) bond motifs is 1. The molecule has 8 rings (SSSR count). The van der Waals surface area contributed by atoms with E-state index in [0.29, 0.717) is 35.6 Å². The summed E-state index contributed by atoms with van der Waals surface area (Å²) < 4.78 is 44.5. The van der Waals surface area contributed by atoms with Crippen molar-refractivity contribution in [2.24, 2.45) is 0 Å². The number of nitrogens with one attached hydrogen (secondary N) is 1. The quantitative estimate of drug-likeness (QED) is 0.0413. The van der Waals surface area contributed by atoms with Crippen LogP contribution in [0.15, 0.2) is 122 Å². The van der Waals surface area contributed by atoms with E-state index < -0.39 is 26.0 Å². The van der Waals surface area contributed by atoms with Gasteiger partial charge in [0.15, 0.2) is 17.0 Å². The van der Waals surface area contributed by atoms with Crippen molar-refractivity contribution >= 4 is 31.4 Å². The van der Waals surface area contributed by atoms with Crippen LogP contribution in [0.5, 0.6) is 11.5 Å². The van der Waals surface area contributed by atoms with Gasteiger partial charge in [-0.05, 0) is 93.6 Å². The number of ether oxygens (including phenoxy) is 4. The van der Waals surface area contributed by atoms with Gasteiger partial charge in [-0.3, -0.25) is 14.3 Å². The molecule has 0 bridgehead atoms. The monoisotopic (exact) mass is 968 g/mol. The van der Waals surface area contributed by atoms with Crippen molar-refractivity contribution in [3.8, 4) is 17.6 Å². The number of nitrogens with zero attached hydrogens (tertiary/aromatic N) is 7. The van der Waals surface area contributed by atoms with E-state index in [1.54, 1.807) is 32.7 Å². The van der Waals surface area contributed by atoms with Crippen molar-refractivity contribution in [3.63, 3.8) is 0 Å². The van der Waals surface area contributed by atoms with Gasteiger partial charge in [-0.25, -0.2) is 19.6 Å². The minimum absolute atomic E-state index is 0.0599. The normalized spacial score (nSPS) is 18.5. The number of carbonyl (C=O) groups excluding carboxylic acids is 1. The number of anilines is 1. The van der Waals surface area contributed by atoms with Gasteiger partial charge < -0.3 is 33.3 Å². The van der Waals surface area contributed by atoms with Crippen LogP contribution in [-0.2, 0) is 24.1 Å². The number of rotatable bonds is 21. The number of nitriles is 1. The third kappa shape index (κ3) is 11.4. The van der Waals surface area contributed by atoms with Gasteiger partial charge in [-0.1, -0.05) is 92.1 Å². The predicted molar refractivity (Wildman–Crippen MR) is 270 cm³/mol. The average Bonchev–Trinajstić information content (AvgIpc) is 3.84. The molecular formula is C54H65N8O7P. The Hall–Kier alpha value is -5.82. The largest absolute Gasteiger partial charge is 0.497 e. The second-order valence-electron chi connectivity index (χ2n) is 18.5. The van der Waals surface area contributed by atoms with Crippen LogP contribution in [-0.4, -0.2) is 106 Å². The Kier molecular flexibility index (Phi) is 16.9. The molecule has 4 aromatic carbocycles. The Labute approximate surface area is 413 Å². The first-order valence-corrected chi connectivity index (χ1v) is 25.4. The molecule has 70 heavy (non-hydrogen) atoms. The predicted octanol–water partition coefficient (Wildman–Crippen LogP) is 10.3. The summed E-state index contributed by atoms with van der Waals surface area (Å²) in [5.74, 6) is 1.43. The molecule has 16 heteroatoms. The van der Waals surface area contributed by atoms with Gasteiger partial charge in [0.1, 0.15) is 35.3 Å². The standard InChI is InChI=1S/C54H65N8O7P/c1-39(2)62(40(3)4)70(67-32-16-31-55)68-36-53(35-66-54(42-19-12-8-13-20-42,43-23-27-46(64-5)28-24-43)44-25-29-47(65-6)30-26-44)34-60(45-21-14-9-15-22-45)33-48(69-53)61-38-58-49-50(56-37-57-51(49)61)59-52(63)41-17-10-7-11-18-41/h7-8,10-13,17-20,23-30,37-40,45,48H,9,14-16,21-22,32-36H2,1-6H3,(H,56,57,59,63)/t48-,53+,70?/m1/s1. The van der Waals surface area contributed by atoms with Crippen molar-refractivity contribution in [1.82, 2.24) is 29.1 Å². The van der Waals surface area contributed by atoms with E-state index in [0.717, 1.165) is 53.9 Å². The van der Waals surface area contributed by atoms with E-state index in [1.807, 2.05) is 65.2 Å². The molecule has 1 N–H and O–H groups in total. The van der Waals surface area contributed by atoms with Crippen LogP contribution in [0.2, 0.25) is 0 Å². The second-order valence-corrected chi connectivity index (χ2v) is 19.9. The molecule has 1 aliphatic heterocycles. The van der Waals surface area contributed by atoms with Gasteiger partial charge in [0, 0.05) is 36.8 Å². The molecule has 0 spiro atoms. The summed E-state index contributed by atoms with van der Waals surface area (Å²) in [4.78, 5) is 30.0. The fraction of sp³-hybridized carbons (Fsp3) is 0.426. The topological polar surface area (TPSA) is 158 Å². The smallest absolute Gasteiger partial charge is 0.259 e. The van der Waals surface area contributed by atoms with Crippen LogP contribution in [0.4, 0.5) is 5.82 Å². The van der Waals surface area contributed by atoms with E-state index in [2.05, 4.69) is 90.0 Å².